The summed E-state index contributed by atoms with van der Waals surface area (Å²) in [6.07, 6.45) is 3.93. The molecule has 1 saturated heterocycles. The van der Waals surface area contributed by atoms with Crippen molar-refractivity contribution in [2.45, 2.75) is 38.7 Å². The van der Waals surface area contributed by atoms with Crippen LogP contribution in [0.1, 0.15) is 31.7 Å². The largest absolute Gasteiger partial charge is 0.376 e. The van der Waals surface area contributed by atoms with Crippen LogP contribution < -0.4 is 5.32 Å². The van der Waals surface area contributed by atoms with Crippen LogP contribution in [0.5, 0.6) is 0 Å². The number of amides is 2. The summed E-state index contributed by atoms with van der Waals surface area (Å²) < 4.78 is 5.47. The van der Waals surface area contributed by atoms with Gasteiger partial charge in [0.25, 0.3) is 0 Å². The van der Waals surface area contributed by atoms with E-state index in [9.17, 15) is 9.59 Å². The van der Waals surface area contributed by atoms with Crippen molar-refractivity contribution in [3.05, 3.63) is 35.9 Å². The molecule has 0 aliphatic carbocycles. The van der Waals surface area contributed by atoms with Gasteiger partial charge in [-0.25, -0.2) is 0 Å². The maximum atomic E-state index is 12.0. The van der Waals surface area contributed by atoms with E-state index in [1.807, 2.05) is 18.2 Å². The molecular formula is C18H26N2O3. The first-order chi connectivity index (χ1) is 11.1. The molecule has 1 atom stereocenters. The average Bonchev–Trinajstić information content (AvgIpc) is 3.06. The number of hydrogen-bond donors (Lipinski definition) is 1. The molecule has 1 aromatic carbocycles. The first-order valence-corrected chi connectivity index (χ1v) is 8.33. The molecule has 0 saturated carbocycles. The Morgan fingerprint density at radius 1 is 1.30 bits per heavy atom. The van der Waals surface area contributed by atoms with Crippen molar-refractivity contribution >= 4 is 11.8 Å². The van der Waals surface area contributed by atoms with Crippen molar-refractivity contribution in [2.75, 3.05) is 26.2 Å². The maximum absolute atomic E-state index is 12.0. The minimum atomic E-state index is -0.115. The monoisotopic (exact) mass is 318 g/mol. The molecule has 0 spiro atoms. The number of carbonyl (C=O) groups is 2. The van der Waals surface area contributed by atoms with Crippen molar-refractivity contribution < 1.29 is 14.3 Å². The van der Waals surface area contributed by atoms with Gasteiger partial charge in [-0.1, -0.05) is 30.3 Å². The van der Waals surface area contributed by atoms with Crippen molar-refractivity contribution in [1.82, 2.24) is 10.2 Å². The van der Waals surface area contributed by atoms with E-state index in [4.69, 9.17) is 4.74 Å². The van der Waals surface area contributed by atoms with Gasteiger partial charge in [0.15, 0.2) is 0 Å². The van der Waals surface area contributed by atoms with Crippen LogP contribution in [0.2, 0.25) is 0 Å². The molecule has 5 heteroatoms. The zero-order chi connectivity index (χ0) is 16.5. The molecule has 1 unspecified atom stereocenters. The van der Waals surface area contributed by atoms with Crippen LogP contribution in [0.3, 0.4) is 0 Å². The van der Waals surface area contributed by atoms with E-state index in [1.54, 1.807) is 4.90 Å². The third kappa shape index (κ3) is 6.40. The third-order valence-electron chi connectivity index (χ3n) is 4.07. The number of benzene rings is 1. The number of nitrogens with zero attached hydrogens (tertiary/aromatic N) is 1. The number of carbonyl (C=O) groups excluding carboxylic acids is 2. The number of ether oxygens (including phenoxy) is 1. The Labute approximate surface area is 138 Å². The van der Waals surface area contributed by atoms with Crippen LogP contribution in [0.4, 0.5) is 0 Å². The van der Waals surface area contributed by atoms with Crippen molar-refractivity contribution in [2.24, 2.45) is 0 Å². The van der Waals surface area contributed by atoms with Gasteiger partial charge in [0.2, 0.25) is 11.8 Å². The fourth-order valence-corrected chi connectivity index (χ4v) is 2.73. The van der Waals surface area contributed by atoms with Gasteiger partial charge < -0.3 is 15.0 Å². The van der Waals surface area contributed by atoms with Crippen molar-refractivity contribution in [1.29, 1.82) is 0 Å². The predicted octanol–water partition coefficient (Wildman–Crippen LogP) is 1.76. The molecule has 2 amide bonds. The molecule has 1 aromatic rings. The van der Waals surface area contributed by atoms with Crippen molar-refractivity contribution in [3.8, 4) is 0 Å². The molecule has 2 rings (SSSR count). The molecule has 0 bridgehead atoms. The molecule has 126 valence electrons. The molecule has 1 heterocycles. The standard InChI is InChI=1S/C18H26N2O3/c1-15(21)20(11-5-9-16-7-3-2-4-8-16)14-18(22)19-13-17-10-6-12-23-17/h2-4,7-8,17H,5-6,9-14H2,1H3,(H,19,22). The van der Waals surface area contributed by atoms with Gasteiger partial charge >= 0.3 is 0 Å². The highest BCUT2D eigenvalue weighted by Crippen LogP contribution is 2.10. The number of hydrogen-bond acceptors (Lipinski definition) is 3. The molecule has 5 nitrogen and oxygen atoms in total. The third-order valence-corrected chi connectivity index (χ3v) is 4.07. The Bertz CT molecular complexity index is 498. The SMILES string of the molecule is CC(=O)N(CCCc1ccccc1)CC(=O)NCC1CCCO1. The Kier molecular flexibility index (Phi) is 7.07. The molecule has 23 heavy (non-hydrogen) atoms. The summed E-state index contributed by atoms with van der Waals surface area (Å²) in [4.78, 5) is 25.3. The van der Waals surface area contributed by atoms with E-state index in [1.165, 1.54) is 12.5 Å². The molecule has 1 aliphatic heterocycles. The van der Waals surface area contributed by atoms with Crippen LogP contribution in [0.25, 0.3) is 0 Å². The summed E-state index contributed by atoms with van der Waals surface area (Å²) in [5.74, 6) is -0.180. The summed E-state index contributed by atoms with van der Waals surface area (Å²) in [6.45, 7) is 3.54. The lowest BCUT2D eigenvalue weighted by atomic mass is 10.1. The van der Waals surface area contributed by atoms with E-state index < -0.39 is 0 Å². The molecule has 1 fully saturated rings. The lowest BCUT2D eigenvalue weighted by molar-refractivity contribution is -0.134. The van der Waals surface area contributed by atoms with Gasteiger partial charge in [0.05, 0.1) is 12.6 Å². The van der Waals surface area contributed by atoms with E-state index >= 15 is 0 Å². The normalized spacial score (nSPS) is 17.0. The summed E-state index contributed by atoms with van der Waals surface area (Å²) in [7, 11) is 0. The first kappa shape index (κ1) is 17.5. The smallest absolute Gasteiger partial charge is 0.239 e. The zero-order valence-corrected chi connectivity index (χ0v) is 13.8. The minimum absolute atomic E-state index is 0.0645. The Balaban J connectivity index is 1.69. The van der Waals surface area contributed by atoms with Crippen LogP contribution in [0, 0.1) is 0 Å². The highest BCUT2D eigenvalue weighted by Gasteiger charge is 2.18. The topological polar surface area (TPSA) is 58.6 Å². The summed E-state index contributed by atoms with van der Waals surface area (Å²) in [5, 5.41) is 2.86. The summed E-state index contributed by atoms with van der Waals surface area (Å²) >= 11 is 0. The average molecular weight is 318 g/mol. The van der Waals surface area contributed by atoms with Gasteiger partial charge in [-0.15, -0.1) is 0 Å². The second kappa shape index (κ2) is 9.30. The van der Waals surface area contributed by atoms with E-state index in [2.05, 4.69) is 17.4 Å². The molecule has 0 radical (unpaired) electrons. The Morgan fingerprint density at radius 2 is 2.09 bits per heavy atom. The molecular weight excluding hydrogens is 292 g/mol. The molecule has 1 N–H and O–H groups in total. The first-order valence-electron chi connectivity index (χ1n) is 8.33. The van der Waals surface area contributed by atoms with Crippen LogP contribution in [-0.4, -0.2) is 49.1 Å². The highest BCUT2D eigenvalue weighted by atomic mass is 16.5. The van der Waals surface area contributed by atoms with E-state index in [0.717, 1.165) is 32.3 Å². The summed E-state index contributed by atoms with van der Waals surface area (Å²) in [6, 6.07) is 10.2. The van der Waals surface area contributed by atoms with Crippen LogP contribution in [-0.2, 0) is 20.7 Å². The van der Waals surface area contributed by atoms with Gasteiger partial charge in [0, 0.05) is 26.6 Å². The Morgan fingerprint density at radius 3 is 2.74 bits per heavy atom. The number of nitrogens with one attached hydrogen (secondary N) is 1. The second-order valence-corrected chi connectivity index (χ2v) is 5.97. The molecule has 0 aromatic heterocycles. The predicted molar refractivity (Wildman–Crippen MR) is 89.0 cm³/mol. The number of rotatable bonds is 8. The lowest BCUT2D eigenvalue weighted by Gasteiger charge is -2.21. The van der Waals surface area contributed by atoms with Crippen LogP contribution in [0.15, 0.2) is 30.3 Å². The molecule has 1 aliphatic rings. The quantitative estimate of drug-likeness (QED) is 0.794. The lowest BCUT2D eigenvalue weighted by Crippen LogP contribution is -2.42. The van der Waals surface area contributed by atoms with Gasteiger partial charge in [0.1, 0.15) is 0 Å². The van der Waals surface area contributed by atoms with E-state index in [0.29, 0.717) is 13.1 Å². The van der Waals surface area contributed by atoms with E-state index in [-0.39, 0.29) is 24.5 Å². The van der Waals surface area contributed by atoms with Gasteiger partial charge in [-0.2, -0.15) is 0 Å². The zero-order valence-electron chi connectivity index (χ0n) is 13.8. The maximum Gasteiger partial charge on any atom is 0.239 e. The van der Waals surface area contributed by atoms with Crippen molar-refractivity contribution in [3.63, 3.8) is 0 Å². The summed E-state index contributed by atoms with van der Waals surface area (Å²) in [5.41, 5.74) is 1.25. The minimum Gasteiger partial charge on any atom is -0.376 e. The van der Waals surface area contributed by atoms with Gasteiger partial charge in [-0.05, 0) is 31.2 Å². The second-order valence-electron chi connectivity index (χ2n) is 5.97. The number of aryl methyl sites for hydroxylation is 1. The highest BCUT2D eigenvalue weighted by molar-refractivity contribution is 5.83. The fourth-order valence-electron chi connectivity index (χ4n) is 2.73. The van der Waals surface area contributed by atoms with Gasteiger partial charge in [-0.3, -0.25) is 9.59 Å². The Hall–Kier alpha value is -1.88. The fraction of sp³-hybridized carbons (Fsp3) is 0.556. The van der Waals surface area contributed by atoms with Crippen LogP contribution >= 0.6 is 0 Å².